The normalized spacial score (nSPS) is 20.9. The minimum Gasteiger partial charge on any atom is -0.297 e. The molecule has 3 heterocycles. The van der Waals surface area contributed by atoms with Crippen molar-refractivity contribution >= 4 is 15.7 Å². The van der Waals surface area contributed by atoms with E-state index >= 15 is 0 Å². The number of hydrogen-bond donors (Lipinski definition) is 0. The van der Waals surface area contributed by atoms with Crippen LogP contribution in [0.15, 0.2) is 48.7 Å². The maximum absolute atomic E-state index is 13.6. The Balaban J connectivity index is 1.61. The van der Waals surface area contributed by atoms with Gasteiger partial charge in [-0.15, -0.1) is 0 Å². The van der Waals surface area contributed by atoms with E-state index in [0.29, 0.717) is 19.4 Å². The summed E-state index contributed by atoms with van der Waals surface area (Å²) in [6, 6.07) is 13.8. The molecule has 0 atom stereocenters. The van der Waals surface area contributed by atoms with E-state index in [1.54, 1.807) is 4.31 Å². The monoisotopic (exact) mass is 385 g/mol. The van der Waals surface area contributed by atoms with Crippen LogP contribution in [0.25, 0.3) is 0 Å². The Morgan fingerprint density at radius 2 is 1.78 bits per heavy atom. The van der Waals surface area contributed by atoms with Crippen LogP contribution in [0.4, 0.5) is 5.69 Å². The van der Waals surface area contributed by atoms with Gasteiger partial charge in [-0.05, 0) is 42.5 Å². The molecule has 6 heteroatoms. The quantitative estimate of drug-likeness (QED) is 0.810. The summed E-state index contributed by atoms with van der Waals surface area (Å²) in [6.45, 7) is 6.98. The van der Waals surface area contributed by atoms with Gasteiger partial charge < -0.3 is 0 Å². The zero-order valence-corrected chi connectivity index (χ0v) is 16.8. The minimum atomic E-state index is -3.41. The SMILES string of the molecule is CC(C)CN1c2ccccc2C2(CCN(Cc3ccccn3)CC2)S1(=O)=O. The third-order valence-electron chi connectivity index (χ3n) is 5.75. The van der Waals surface area contributed by atoms with E-state index in [0.717, 1.165) is 36.6 Å². The van der Waals surface area contributed by atoms with Crippen molar-refractivity contribution in [3.8, 4) is 0 Å². The largest absolute Gasteiger partial charge is 0.297 e. The number of anilines is 1. The van der Waals surface area contributed by atoms with Crippen molar-refractivity contribution in [2.75, 3.05) is 23.9 Å². The molecule has 1 spiro atoms. The van der Waals surface area contributed by atoms with Crippen LogP contribution in [0.5, 0.6) is 0 Å². The molecule has 1 fully saturated rings. The molecule has 1 aromatic heterocycles. The molecule has 4 rings (SSSR count). The molecule has 0 N–H and O–H groups in total. The lowest BCUT2D eigenvalue weighted by Crippen LogP contribution is -2.48. The zero-order valence-electron chi connectivity index (χ0n) is 16.0. The van der Waals surface area contributed by atoms with Gasteiger partial charge in [-0.1, -0.05) is 38.1 Å². The predicted molar refractivity (Wildman–Crippen MR) is 108 cm³/mol. The third kappa shape index (κ3) is 3.05. The number of rotatable bonds is 4. The molecule has 1 saturated heterocycles. The molecule has 5 nitrogen and oxygen atoms in total. The highest BCUT2D eigenvalue weighted by Crippen LogP contribution is 2.52. The van der Waals surface area contributed by atoms with Gasteiger partial charge in [0.1, 0.15) is 4.75 Å². The molecule has 144 valence electrons. The summed E-state index contributed by atoms with van der Waals surface area (Å²) in [4.78, 5) is 6.72. The van der Waals surface area contributed by atoms with Gasteiger partial charge in [0.25, 0.3) is 0 Å². The van der Waals surface area contributed by atoms with Crippen molar-refractivity contribution in [3.05, 3.63) is 59.9 Å². The summed E-state index contributed by atoms with van der Waals surface area (Å²) >= 11 is 0. The van der Waals surface area contributed by atoms with Gasteiger partial charge in [-0.3, -0.25) is 14.2 Å². The summed E-state index contributed by atoms with van der Waals surface area (Å²) in [7, 11) is -3.41. The number of fused-ring (bicyclic) bond motifs is 2. The Labute approximate surface area is 162 Å². The number of nitrogens with zero attached hydrogens (tertiary/aromatic N) is 3. The number of para-hydroxylation sites is 1. The number of benzene rings is 1. The molecule has 2 aliphatic heterocycles. The van der Waals surface area contributed by atoms with Crippen LogP contribution in [-0.2, 0) is 21.3 Å². The van der Waals surface area contributed by atoms with Crippen molar-refractivity contribution in [3.63, 3.8) is 0 Å². The van der Waals surface area contributed by atoms with Crippen LogP contribution in [0.3, 0.4) is 0 Å². The van der Waals surface area contributed by atoms with Crippen molar-refractivity contribution in [1.29, 1.82) is 0 Å². The molecule has 1 aromatic carbocycles. The second-order valence-electron chi connectivity index (χ2n) is 8.04. The highest BCUT2D eigenvalue weighted by molar-refractivity contribution is 7.94. The lowest BCUT2D eigenvalue weighted by atomic mass is 9.87. The molecule has 0 aliphatic carbocycles. The molecule has 27 heavy (non-hydrogen) atoms. The van der Waals surface area contributed by atoms with E-state index in [9.17, 15) is 8.42 Å². The van der Waals surface area contributed by atoms with E-state index in [1.807, 2.05) is 48.7 Å². The number of piperidine rings is 1. The smallest absolute Gasteiger partial charge is 0.245 e. The molecule has 0 bridgehead atoms. The Morgan fingerprint density at radius 1 is 1.07 bits per heavy atom. The summed E-state index contributed by atoms with van der Waals surface area (Å²) in [5.74, 6) is 0.284. The predicted octanol–water partition coefficient (Wildman–Crippen LogP) is 3.38. The lowest BCUT2D eigenvalue weighted by Gasteiger charge is -2.39. The first-order valence-corrected chi connectivity index (χ1v) is 11.1. The second-order valence-corrected chi connectivity index (χ2v) is 10.2. The summed E-state index contributed by atoms with van der Waals surface area (Å²) < 4.78 is 28.1. The lowest BCUT2D eigenvalue weighted by molar-refractivity contribution is 0.187. The zero-order chi connectivity index (χ0) is 19.1. The average Bonchev–Trinajstić information content (AvgIpc) is 2.83. The first kappa shape index (κ1) is 18.4. The summed E-state index contributed by atoms with van der Waals surface area (Å²) in [5, 5.41) is 0. The number of hydrogen-bond acceptors (Lipinski definition) is 4. The van der Waals surface area contributed by atoms with Crippen LogP contribution in [0.1, 0.15) is 37.9 Å². The van der Waals surface area contributed by atoms with Gasteiger partial charge in [0.15, 0.2) is 0 Å². The average molecular weight is 386 g/mol. The molecule has 0 amide bonds. The standard InChI is InChI=1S/C21H27N3O2S/c1-17(2)15-24-20-9-4-3-8-19(20)21(27(24,25)26)10-13-23(14-11-21)16-18-7-5-6-12-22-18/h3-9,12,17H,10-11,13-16H2,1-2H3. The topological polar surface area (TPSA) is 53.5 Å². The molecular weight excluding hydrogens is 358 g/mol. The minimum absolute atomic E-state index is 0.284. The number of likely N-dealkylation sites (tertiary alicyclic amines) is 1. The second kappa shape index (κ2) is 6.91. The van der Waals surface area contributed by atoms with E-state index in [1.165, 1.54) is 0 Å². The maximum Gasteiger partial charge on any atom is 0.245 e. The Bertz CT molecular complexity index is 904. The summed E-state index contributed by atoms with van der Waals surface area (Å²) in [5.41, 5.74) is 2.90. The molecule has 0 saturated carbocycles. The molecule has 0 unspecified atom stereocenters. The van der Waals surface area contributed by atoms with E-state index in [2.05, 4.69) is 23.7 Å². The van der Waals surface area contributed by atoms with Crippen LogP contribution >= 0.6 is 0 Å². The molecule has 2 aromatic rings. The fraction of sp³-hybridized carbons (Fsp3) is 0.476. The van der Waals surface area contributed by atoms with Crippen LogP contribution in [0, 0.1) is 5.92 Å². The first-order chi connectivity index (χ1) is 12.9. The Kier molecular flexibility index (Phi) is 4.72. The van der Waals surface area contributed by atoms with Gasteiger partial charge in [-0.2, -0.15) is 0 Å². The highest BCUT2D eigenvalue weighted by Gasteiger charge is 2.56. The van der Waals surface area contributed by atoms with E-state index in [4.69, 9.17) is 0 Å². The van der Waals surface area contributed by atoms with Crippen LogP contribution in [-0.4, -0.2) is 37.9 Å². The number of sulfonamides is 1. The Hall–Kier alpha value is -1.92. The molecule has 0 radical (unpaired) electrons. The Morgan fingerprint density at radius 3 is 2.44 bits per heavy atom. The van der Waals surface area contributed by atoms with Crippen molar-refractivity contribution < 1.29 is 8.42 Å². The number of aromatic nitrogens is 1. The maximum atomic E-state index is 13.6. The van der Waals surface area contributed by atoms with Crippen LogP contribution in [0.2, 0.25) is 0 Å². The fourth-order valence-electron chi connectivity index (χ4n) is 4.40. The van der Waals surface area contributed by atoms with Crippen molar-refractivity contribution in [2.45, 2.75) is 38.0 Å². The van der Waals surface area contributed by atoms with Crippen molar-refractivity contribution in [1.82, 2.24) is 9.88 Å². The highest BCUT2D eigenvalue weighted by atomic mass is 32.2. The van der Waals surface area contributed by atoms with Crippen LogP contribution < -0.4 is 4.31 Å². The first-order valence-electron chi connectivity index (χ1n) is 9.68. The number of pyridine rings is 1. The third-order valence-corrected chi connectivity index (χ3v) is 8.30. The molecular formula is C21H27N3O2S. The van der Waals surface area contributed by atoms with E-state index in [-0.39, 0.29) is 5.92 Å². The van der Waals surface area contributed by atoms with Crippen molar-refractivity contribution in [2.24, 2.45) is 5.92 Å². The summed E-state index contributed by atoms with van der Waals surface area (Å²) in [6.07, 6.45) is 3.07. The van der Waals surface area contributed by atoms with Gasteiger partial charge in [0.2, 0.25) is 10.0 Å². The van der Waals surface area contributed by atoms with Gasteiger partial charge in [0.05, 0.1) is 11.4 Å². The molecule has 2 aliphatic rings. The van der Waals surface area contributed by atoms with E-state index < -0.39 is 14.8 Å². The van der Waals surface area contributed by atoms with Gasteiger partial charge in [0, 0.05) is 32.4 Å². The fourth-order valence-corrected chi connectivity index (χ4v) is 6.89. The van der Waals surface area contributed by atoms with Gasteiger partial charge >= 0.3 is 0 Å². The van der Waals surface area contributed by atoms with Gasteiger partial charge in [-0.25, -0.2) is 8.42 Å².